The summed E-state index contributed by atoms with van der Waals surface area (Å²) in [5, 5.41) is 9.88. The lowest BCUT2D eigenvalue weighted by Gasteiger charge is -2.21. The molecule has 0 aliphatic heterocycles. The first-order chi connectivity index (χ1) is 8.59. The van der Waals surface area contributed by atoms with E-state index in [-0.39, 0.29) is 6.54 Å². The Kier molecular flexibility index (Phi) is 4.92. The van der Waals surface area contributed by atoms with E-state index in [1.807, 2.05) is 0 Å². The normalized spacial score (nSPS) is 14.3. The molecule has 108 valence electrons. The fourth-order valence-electron chi connectivity index (χ4n) is 1.46. The zero-order chi connectivity index (χ0) is 14.7. The quantitative estimate of drug-likeness (QED) is 0.593. The van der Waals surface area contributed by atoms with Crippen LogP contribution in [0.15, 0.2) is 24.3 Å². The van der Waals surface area contributed by atoms with E-state index in [0.717, 1.165) is 0 Å². The summed E-state index contributed by atoms with van der Waals surface area (Å²) in [5.41, 5.74) is 6.16. The van der Waals surface area contributed by atoms with Crippen LogP contribution in [0.5, 0.6) is 0 Å². The summed E-state index contributed by atoms with van der Waals surface area (Å²) >= 11 is 0. The molecule has 0 bridgehead atoms. The van der Waals surface area contributed by atoms with Crippen LogP contribution in [0.2, 0.25) is 0 Å². The molecule has 0 heterocycles. The number of hydrogen-bond donors (Lipinski definition) is 4. The molecule has 0 radical (unpaired) electrons. The maximum atomic E-state index is 11.7. The standard InChI is InChI=1S/C12H21N3O3S/c1-12(2,3)15-19(17,18)14-8-11(16)9-4-6-10(13)7-5-9/h4-7,11,14-16H,8,13H2,1-3H3. The van der Waals surface area contributed by atoms with Gasteiger partial charge in [0, 0.05) is 17.8 Å². The number of anilines is 1. The topological polar surface area (TPSA) is 104 Å². The molecule has 1 aromatic rings. The molecule has 19 heavy (non-hydrogen) atoms. The van der Waals surface area contributed by atoms with Crippen LogP contribution >= 0.6 is 0 Å². The molecule has 7 heteroatoms. The number of nitrogens with two attached hydrogens (primary N) is 1. The Morgan fingerprint density at radius 2 is 1.79 bits per heavy atom. The molecule has 0 amide bonds. The molecular formula is C12H21N3O3S. The van der Waals surface area contributed by atoms with Gasteiger partial charge in [-0.15, -0.1) is 0 Å². The van der Waals surface area contributed by atoms with Crippen molar-refractivity contribution < 1.29 is 13.5 Å². The van der Waals surface area contributed by atoms with E-state index in [1.165, 1.54) is 0 Å². The maximum absolute atomic E-state index is 11.7. The molecule has 0 saturated carbocycles. The molecule has 1 rings (SSSR count). The molecule has 6 nitrogen and oxygen atoms in total. The zero-order valence-electron chi connectivity index (χ0n) is 11.3. The van der Waals surface area contributed by atoms with Crippen molar-refractivity contribution in [2.75, 3.05) is 12.3 Å². The lowest BCUT2D eigenvalue weighted by molar-refractivity contribution is 0.181. The van der Waals surface area contributed by atoms with Crippen LogP contribution < -0.4 is 15.2 Å². The number of aliphatic hydroxyl groups excluding tert-OH is 1. The first kappa shape index (κ1) is 15.9. The van der Waals surface area contributed by atoms with Crippen molar-refractivity contribution in [1.82, 2.24) is 9.44 Å². The lowest BCUT2D eigenvalue weighted by atomic mass is 10.1. The van der Waals surface area contributed by atoms with E-state index < -0.39 is 21.9 Å². The van der Waals surface area contributed by atoms with E-state index in [0.29, 0.717) is 11.3 Å². The highest BCUT2D eigenvalue weighted by atomic mass is 32.2. The van der Waals surface area contributed by atoms with Gasteiger partial charge < -0.3 is 10.8 Å². The summed E-state index contributed by atoms with van der Waals surface area (Å²) in [7, 11) is -3.64. The molecule has 0 saturated heterocycles. The van der Waals surface area contributed by atoms with Crippen LogP contribution in [0, 0.1) is 0 Å². The Bertz CT molecular complexity index is 506. The van der Waals surface area contributed by atoms with Gasteiger partial charge in [0.15, 0.2) is 0 Å². The van der Waals surface area contributed by atoms with E-state index >= 15 is 0 Å². The van der Waals surface area contributed by atoms with Gasteiger partial charge in [-0.2, -0.15) is 17.9 Å². The third-order valence-corrected chi connectivity index (χ3v) is 3.66. The van der Waals surface area contributed by atoms with Crippen LogP contribution in [-0.2, 0) is 10.2 Å². The summed E-state index contributed by atoms with van der Waals surface area (Å²) < 4.78 is 28.1. The average Bonchev–Trinajstić information content (AvgIpc) is 2.24. The van der Waals surface area contributed by atoms with Crippen LogP contribution in [0.1, 0.15) is 32.4 Å². The first-order valence-electron chi connectivity index (χ1n) is 5.91. The molecule has 0 fully saturated rings. The maximum Gasteiger partial charge on any atom is 0.277 e. The summed E-state index contributed by atoms with van der Waals surface area (Å²) in [6.45, 7) is 5.11. The number of hydrogen-bond acceptors (Lipinski definition) is 4. The van der Waals surface area contributed by atoms with Gasteiger partial charge in [0.2, 0.25) is 0 Å². The molecule has 0 aliphatic carbocycles. The smallest absolute Gasteiger partial charge is 0.277 e. The van der Waals surface area contributed by atoms with Crippen molar-refractivity contribution in [3.8, 4) is 0 Å². The summed E-state index contributed by atoms with van der Waals surface area (Å²) in [5.74, 6) is 0. The van der Waals surface area contributed by atoms with Crippen LogP contribution in [0.25, 0.3) is 0 Å². The molecule has 5 N–H and O–H groups in total. The minimum absolute atomic E-state index is 0.102. The highest BCUT2D eigenvalue weighted by Crippen LogP contribution is 2.14. The third-order valence-electron chi connectivity index (χ3n) is 2.23. The number of aliphatic hydroxyl groups is 1. The Morgan fingerprint density at radius 3 is 2.26 bits per heavy atom. The summed E-state index contributed by atoms with van der Waals surface area (Å²) in [6, 6.07) is 6.62. The van der Waals surface area contributed by atoms with Crippen LogP contribution in [0.3, 0.4) is 0 Å². The first-order valence-corrected chi connectivity index (χ1v) is 7.39. The van der Waals surface area contributed by atoms with Crippen LogP contribution in [0.4, 0.5) is 5.69 Å². The van der Waals surface area contributed by atoms with Gasteiger partial charge in [-0.05, 0) is 38.5 Å². The highest BCUT2D eigenvalue weighted by Gasteiger charge is 2.20. The van der Waals surface area contributed by atoms with E-state index in [4.69, 9.17) is 5.73 Å². The van der Waals surface area contributed by atoms with Gasteiger partial charge >= 0.3 is 0 Å². The fraction of sp³-hybridized carbons (Fsp3) is 0.500. The SMILES string of the molecule is CC(C)(C)NS(=O)(=O)NCC(O)c1ccc(N)cc1. The van der Waals surface area contributed by atoms with Gasteiger partial charge in [-0.1, -0.05) is 12.1 Å². The molecule has 0 spiro atoms. The van der Waals surface area contributed by atoms with Crippen molar-refractivity contribution >= 4 is 15.9 Å². The van der Waals surface area contributed by atoms with Gasteiger partial charge in [-0.3, -0.25) is 0 Å². The van der Waals surface area contributed by atoms with Crippen molar-refractivity contribution in [3.63, 3.8) is 0 Å². The van der Waals surface area contributed by atoms with Crippen molar-refractivity contribution in [3.05, 3.63) is 29.8 Å². The molecule has 1 unspecified atom stereocenters. The second kappa shape index (κ2) is 5.87. The monoisotopic (exact) mass is 287 g/mol. The average molecular weight is 287 g/mol. The second-order valence-corrected chi connectivity index (χ2v) is 6.89. The Labute approximate surface area is 114 Å². The predicted octanol–water partition coefficient (Wildman–Crippen LogP) is 0.525. The Hall–Kier alpha value is -1.15. The largest absolute Gasteiger partial charge is 0.399 e. The van der Waals surface area contributed by atoms with Gasteiger partial charge in [0.05, 0.1) is 6.10 Å². The fourth-order valence-corrected chi connectivity index (χ4v) is 2.72. The number of nitrogen functional groups attached to an aromatic ring is 1. The second-order valence-electron chi connectivity index (χ2n) is 5.39. The van der Waals surface area contributed by atoms with Crippen LogP contribution in [-0.4, -0.2) is 25.6 Å². The molecule has 0 aromatic heterocycles. The molecular weight excluding hydrogens is 266 g/mol. The van der Waals surface area contributed by atoms with Gasteiger partial charge in [0.25, 0.3) is 10.2 Å². The van der Waals surface area contributed by atoms with Gasteiger partial charge in [0.1, 0.15) is 0 Å². The molecule has 0 aliphatic rings. The third kappa shape index (κ3) is 6.02. The zero-order valence-corrected chi connectivity index (χ0v) is 12.2. The predicted molar refractivity (Wildman–Crippen MR) is 75.6 cm³/mol. The number of benzene rings is 1. The van der Waals surface area contributed by atoms with Crippen molar-refractivity contribution in [1.29, 1.82) is 0 Å². The van der Waals surface area contributed by atoms with Crippen molar-refractivity contribution in [2.24, 2.45) is 0 Å². The number of rotatable bonds is 5. The molecule has 1 aromatic carbocycles. The lowest BCUT2D eigenvalue weighted by Crippen LogP contribution is -2.47. The summed E-state index contributed by atoms with van der Waals surface area (Å²) in [4.78, 5) is 0. The van der Waals surface area contributed by atoms with E-state index in [9.17, 15) is 13.5 Å². The van der Waals surface area contributed by atoms with E-state index in [1.54, 1.807) is 45.0 Å². The minimum atomic E-state index is -3.64. The van der Waals surface area contributed by atoms with Gasteiger partial charge in [-0.25, -0.2) is 0 Å². The Morgan fingerprint density at radius 1 is 1.26 bits per heavy atom. The highest BCUT2D eigenvalue weighted by molar-refractivity contribution is 7.87. The summed E-state index contributed by atoms with van der Waals surface area (Å²) in [6.07, 6.45) is -0.919. The minimum Gasteiger partial charge on any atom is -0.399 e. The number of nitrogens with one attached hydrogen (secondary N) is 2. The Balaban J connectivity index is 2.59. The van der Waals surface area contributed by atoms with E-state index in [2.05, 4.69) is 9.44 Å². The molecule has 1 atom stereocenters. The van der Waals surface area contributed by atoms with Crippen molar-refractivity contribution in [2.45, 2.75) is 32.4 Å².